The van der Waals surface area contributed by atoms with Crippen LogP contribution in [0.25, 0.3) is 10.9 Å². The van der Waals surface area contributed by atoms with E-state index in [0.717, 1.165) is 46.6 Å². The maximum Gasteiger partial charge on any atom is 0.252 e. The number of fused-ring (bicyclic) bond motifs is 1. The molecule has 0 radical (unpaired) electrons. The summed E-state index contributed by atoms with van der Waals surface area (Å²) in [5.41, 5.74) is 4.32. The van der Waals surface area contributed by atoms with E-state index in [2.05, 4.69) is 35.3 Å². The van der Waals surface area contributed by atoms with Crippen LogP contribution in [0.15, 0.2) is 48.5 Å². The van der Waals surface area contributed by atoms with Crippen molar-refractivity contribution < 1.29 is 19.4 Å². The quantitative estimate of drug-likeness (QED) is 0.594. The zero-order valence-corrected chi connectivity index (χ0v) is 18.5. The number of nitrogens with one attached hydrogen (secondary N) is 1. The van der Waals surface area contributed by atoms with Crippen LogP contribution in [-0.2, 0) is 11.3 Å². The largest absolute Gasteiger partial charge is 0.496 e. The highest BCUT2D eigenvalue weighted by molar-refractivity contribution is 6.06. The second kappa shape index (κ2) is 10.1. The second-order valence-corrected chi connectivity index (χ2v) is 8.00. The van der Waals surface area contributed by atoms with Gasteiger partial charge in [0.2, 0.25) is 0 Å². The molecule has 0 bridgehead atoms. The van der Waals surface area contributed by atoms with E-state index in [0.29, 0.717) is 18.7 Å². The third-order valence-corrected chi connectivity index (χ3v) is 5.69. The normalized spacial score (nSPS) is 16.8. The van der Waals surface area contributed by atoms with Gasteiger partial charge in [-0.05, 0) is 30.7 Å². The lowest BCUT2D eigenvalue weighted by atomic mass is 10.0. The molecular weight excluding hydrogens is 406 g/mol. The average molecular weight is 436 g/mol. The van der Waals surface area contributed by atoms with E-state index in [9.17, 15) is 4.79 Å². The number of aliphatic hydroxyl groups is 1. The molecule has 0 unspecified atom stereocenters. The van der Waals surface area contributed by atoms with E-state index in [1.807, 2.05) is 30.3 Å². The summed E-state index contributed by atoms with van der Waals surface area (Å²) in [6, 6.07) is 15.7. The molecule has 1 atom stereocenters. The number of carbonyl (C=O) groups excluding carboxylic acids is 1. The van der Waals surface area contributed by atoms with E-state index in [1.54, 1.807) is 7.11 Å². The number of methoxy groups -OCH3 is 1. The first kappa shape index (κ1) is 22.2. The van der Waals surface area contributed by atoms with Crippen molar-refractivity contribution in [3.8, 4) is 5.75 Å². The van der Waals surface area contributed by atoms with Crippen LogP contribution in [0.1, 0.15) is 33.3 Å². The zero-order chi connectivity index (χ0) is 22.5. The molecule has 32 heavy (non-hydrogen) atoms. The fourth-order valence-corrected chi connectivity index (χ4v) is 4.06. The van der Waals surface area contributed by atoms with Crippen molar-refractivity contribution in [3.63, 3.8) is 0 Å². The van der Waals surface area contributed by atoms with Crippen LogP contribution >= 0.6 is 0 Å². The molecule has 3 aromatic rings. The average Bonchev–Trinajstić information content (AvgIpc) is 2.83. The standard InChI is InChI=1S/C25H29N3O4/c1-17-7-8-18(23(13-17)31-2)15-28-10-12-32-24(16-28)22-14-20(25(30)26-9-11-29)19-5-3-4-6-21(19)27-22/h3-8,13-14,24,29H,9-12,15-16H2,1-2H3,(H,26,30)/t24-/m0/s1. The minimum absolute atomic E-state index is 0.106. The van der Waals surface area contributed by atoms with E-state index in [-0.39, 0.29) is 25.2 Å². The van der Waals surface area contributed by atoms with Crippen molar-refractivity contribution in [2.45, 2.75) is 19.6 Å². The van der Waals surface area contributed by atoms with Crippen LogP contribution in [0.5, 0.6) is 5.75 Å². The number of ether oxygens (including phenoxy) is 2. The number of aryl methyl sites for hydroxylation is 1. The topological polar surface area (TPSA) is 83.9 Å². The fourth-order valence-electron chi connectivity index (χ4n) is 4.06. The number of amides is 1. The molecule has 1 aliphatic heterocycles. The molecule has 7 nitrogen and oxygen atoms in total. The summed E-state index contributed by atoms with van der Waals surface area (Å²) >= 11 is 0. The Morgan fingerprint density at radius 3 is 2.94 bits per heavy atom. The molecule has 7 heteroatoms. The van der Waals surface area contributed by atoms with Crippen LogP contribution in [0.4, 0.5) is 0 Å². The minimum Gasteiger partial charge on any atom is -0.496 e. The Morgan fingerprint density at radius 2 is 2.12 bits per heavy atom. The molecule has 2 heterocycles. The smallest absolute Gasteiger partial charge is 0.252 e. The first-order valence-corrected chi connectivity index (χ1v) is 10.8. The van der Waals surface area contributed by atoms with Crippen molar-refractivity contribution in [1.29, 1.82) is 0 Å². The molecule has 1 fully saturated rings. The van der Waals surface area contributed by atoms with Gasteiger partial charge in [-0.3, -0.25) is 9.69 Å². The van der Waals surface area contributed by atoms with Gasteiger partial charge in [-0.25, -0.2) is 4.98 Å². The Morgan fingerprint density at radius 1 is 1.28 bits per heavy atom. The zero-order valence-electron chi connectivity index (χ0n) is 18.5. The number of carbonyl (C=O) groups is 1. The molecule has 4 rings (SSSR count). The van der Waals surface area contributed by atoms with Gasteiger partial charge in [0.05, 0.1) is 37.1 Å². The third-order valence-electron chi connectivity index (χ3n) is 5.69. The highest BCUT2D eigenvalue weighted by Gasteiger charge is 2.25. The Hall–Kier alpha value is -3.00. The van der Waals surface area contributed by atoms with Crippen LogP contribution in [-0.4, -0.2) is 60.9 Å². The summed E-state index contributed by atoms with van der Waals surface area (Å²) < 4.78 is 11.6. The second-order valence-electron chi connectivity index (χ2n) is 8.00. The Kier molecular flexibility index (Phi) is 6.99. The lowest BCUT2D eigenvalue weighted by Gasteiger charge is -2.33. The Labute approximate surface area is 188 Å². The fraction of sp³-hybridized carbons (Fsp3) is 0.360. The molecular formula is C25H29N3O4. The highest BCUT2D eigenvalue weighted by Crippen LogP contribution is 2.28. The van der Waals surface area contributed by atoms with E-state index in [4.69, 9.17) is 19.6 Å². The molecule has 1 saturated heterocycles. The van der Waals surface area contributed by atoms with Crippen LogP contribution in [0.2, 0.25) is 0 Å². The lowest BCUT2D eigenvalue weighted by molar-refractivity contribution is -0.0350. The molecule has 1 aliphatic rings. The van der Waals surface area contributed by atoms with Crippen molar-refractivity contribution in [2.24, 2.45) is 0 Å². The van der Waals surface area contributed by atoms with E-state index >= 15 is 0 Å². The first-order chi connectivity index (χ1) is 15.6. The minimum atomic E-state index is -0.241. The van der Waals surface area contributed by atoms with E-state index < -0.39 is 0 Å². The van der Waals surface area contributed by atoms with Gasteiger partial charge in [0.25, 0.3) is 5.91 Å². The predicted octanol–water partition coefficient (Wildman–Crippen LogP) is 2.85. The third kappa shape index (κ3) is 4.91. The van der Waals surface area contributed by atoms with Gasteiger partial charge in [0.1, 0.15) is 11.9 Å². The van der Waals surface area contributed by atoms with Crippen LogP contribution in [0.3, 0.4) is 0 Å². The van der Waals surface area contributed by atoms with Gasteiger partial charge in [-0.15, -0.1) is 0 Å². The Balaban J connectivity index is 1.59. The number of pyridine rings is 1. The number of morpholine rings is 1. The number of para-hydroxylation sites is 1. The van der Waals surface area contributed by atoms with Crippen molar-refractivity contribution in [1.82, 2.24) is 15.2 Å². The number of nitrogens with zero attached hydrogens (tertiary/aromatic N) is 2. The number of benzene rings is 2. The summed E-state index contributed by atoms with van der Waals surface area (Å²) in [6.45, 7) is 4.96. The van der Waals surface area contributed by atoms with Gasteiger partial charge < -0.3 is 19.9 Å². The summed E-state index contributed by atoms with van der Waals surface area (Å²) in [5, 5.41) is 12.6. The molecule has 2 aromatic carbocycles. The number of rotatable bonds is 7. The van der Waals surface area contributed by atoms with Gasteiger partial charge >= 0.3 is 0 Å². The number of hydrogen-bond donors (Lipinski definition) is 2. The molecule has 0 saturated carbocycles. The van der Waals surface area contributed by atoms with Crippen molar-refractivity contribution in [3.05, 3.63) is 70.9 Å². The lowest BCUT2D eigenvalue weighted by Crippen LogP contribution is -2.38. The number of aliphatic hydroxyl groups excluding tert-OH is 1. The summed E-state index contributed by atoms with van der Waals surface area (Å²) in [4.78, 5) is 19.9. The van der Waals surface area contributed by atoms with E-state index in [1.165, 1.54) is 0 Å². The maximum absolute atomic E-state index is 12.7. The SMILES string of the molecule is COc1cc(C)ccc1CN1CCO[C@H](c2cc(C(=O)NCCO)c3ccccc3n2)C1. The Bertz CT molecular complexity index is 1100. The van der Waals surface area contributed by atoms with Gasteiger partial charge in [0, 0.05) is 37.1 Å². The summed E-state index contributed by atoms with van der Waals surface area (Å²) in [5.74, 6) is 0.663. The van der Waals surface area contributed by atoms with Crippen LogP contribution < -0.4 is 10.1 Å². The van der Waals surface area contributed by atoms with Gasteiger partial charge in [-0.2, -0.15) is 0 Å². The van der Waals surface area contributed by atoms with Gasteiger partial charge in [-0.1, -0.05) is 30.3 Å². The van der Waals surface area contributed by atoms with Crippen molar-refractivity contribution >= 4 is 16.8 Å². The summed E-state index contributed by atoms with van der Waals surface area (Å²) in [7, 11) is 1.70. The molecule has 0 aliphatic carbocycles. The monoisotopic (exact) mass is 435 g/mol. The molecule has 1 aromatic heterocycles. The number of aromatic nitrogens is 1. The molecule has 168 valence electrons. The number of hydrogen-bond acceptors (Lipinski definition) is 6. The van der Waals surface area contributed by atoms with Gasteiger partial charge in [0.15, 0.2) is 0 Å². The molecule has 0 spiro atoms. The van der Waals surface area contributed by atoms with Crippen molar-refractivity contribution in [2.75, 3.05) is 40.0 Å². The summed E-state index contributed by atoms with van der Waals surface area (Å²) in [6.07, 6.45) is -0.241. The molecule has 1 amide bonds. The first-order valence-electron chi connectivity index (χ1n) is 10.8. The predicted molar refractivity (Wildman–Crippen MR) is 123 cm³/mol. The highest BCUT2D eigenvalue weighted by atomic mass is 16.5. The van der Waals surface area contributed by atoms with Crippen LogP contribution in [0, 0.1) is 6.92 Å². The molecule has 2 N–H and O–H groups in total. The maximum atomic E-state index is 12.7.